The molecule has 0 radical (unpaired) electrons. The van der Waals surface area contributed by atoms with Crippen molar-refractivity contribution in [3.8, 4) is 0 Å². The molecule has 1 aliphatic rings. The number of morpholine rings is 1. The molecule has 0 aliphatic carbocycles. The van der Waals surface area contributed by atoms with Gasteiger partial charge >= 0.3 is 0 Å². The predicted octanol–water partition coefficient (Wildman–Crippen LogP) is 1.74. The highest BCUT2D eigenvalue weighted by molar-refractivity contribution is 5.91. The Morgan fingerprint density at radius 3 is 2.88 bits per heavy atom. The number of carbonyl (C=O) groups is 1. The van der Waals surface area contributed by atoms with Gasteiger partial charge < -0.3 is 14.1 Å². The zero-order valence-electron chi connectivity index (χ0n) is 14.2. The summed E-state index contributed by atoms with van der Waals surface area (Å²) in [6, 6.07) is 3.72. The summed E-state index contributed by atoms with van der Waals surface area (Å²) in [6.07, 6.45) is 3.16. The van der Waals surface area contributed by atoms with Crippen LogP contribution in [0, 0.1) is 20.8 Å². The van der Waals surface area contributed by atoms with E-state index in [-0.39, 0.29) is 12.0 Å². The topological polar surface area (TPSA) is 73.4 Å². The van der Waals surface area contributed by atoms with Gasteiger partial charge in [-0.3, -0.25) is 4.79 Å². The van der Waals surface area contributed by atoms with Gasteiger partial charge in [0.1, 0.15) is 23.2 Å². The van der Waals surface area contributed by atoms with Crippen molar-refractivity contribution in [2.75, 3.05) is 19.7 Å². The molecule has 24 heavy (non-hydrogen) atoms. The van der Waals surface area contributed by atoms with Crippen LogP contribution in [0.5, 0.6) is 0 Å². The SMILES string of the molecule is Cc1nc(C)n(C[C@@H]2CN(C(=O)/C=C/c3ccc(C)o3)CCO2)n1. The van der Waals surface area contributed by atoms with Crippen LogP contribution in [-0.4, -0.2) is 51.4 Å². The van der Waals surface area contributed by atoms with Gasteiger partial charge in [0.05, 0.1) is 19.3 Å². The number of hydrogen-bond donors (Lipinski definition) is 0. The molecule has 0 unspecified atom stereocenters. The highest BCUT2D eigenvalue weighted by Gasteiger charge is 2.24. The molecular formula is C17H22N4O3. The first kappa shape index (κ1) is 16.4. The third-order valence-corrected chi connectivity index (χ3v) is 3.94. The first-order valence-electron chi connectivity index (χ1n) is 8.04. The molecule has 1 atom stereocenters. The van der Waals surface area contributed by atoms with Crippen molar-refractivity contribution in [3.05, 3.63) is 41.4 Å². The minimum absolute atomic E-state index is 0.0381. The number of amides is 1. The summed E-state index contributed by atoms with van der Waals surface area (Å²) in [7, 11) is 0. The first-order chi connectivity index (χ1) is 11.5. The summed E-state index contributed by atoms with van der Waals surface area (Å²) in [5.74, 6) is 3.07. The molecule has 7 nitrogen and oxygen atoms in total. The normalized spacial score (nSPS) is 18.5. The molecule has 0 saturated carbocycles. The molecule has 0 N–H and O–H groups in total. The fourth-order valence-electron chi connectivity index (χ4n) is 2.76. The zero-order valence-corrected chi connectivity index (χ0v) is 14.2. The molecule has 1 fully saturated rings. The number of furan rings is 1. The molecule has 1 amide bonds. The molecule has 0 bridgehead atoms. The molecule has 1 saturated heterocycles. The highest BCUT2D eigenvalue weighted by Crippen LogP contribution is 2.11. The van der Waals surface area contributed by atoms with Gasteiger partial charge in [-0.1, -0.05) is 0 Å². The third-order valence-electron chi connectivity index (χ3n) is 3.94. The van der Waals surface area contributed by atoms with E-state index in [1.54, 1.807) is 17.1 Å². The number of aromatic nitrogens is 3. The molecule has 3 rings (SSSR count). The summed E-state index contributed by atoms with van der Waals surface area (Å²) in [4.78, 5) is 18.4. The van der Waals surface area contributed by atoms with Crippen LogP contribution in [0.3, 0.4) is 0 Å². The van der Waals surface area contributed by atoms with Gasteiger partial charge in [0, 0.05) is 19.2 Å². The minimum Gasteiger partial charge on any atom is -0.462 e. The Kier molecular flexibility index (Phi) is 4.80. The van der Waals surface area contributed by atoms with Crippen LogP contribution in [0.4, 0.5) is 0 Å². The Labute approximate surface area is 140 Å². The van der Waals surface area contributed by atoms with Crippen LogP contribution in [0.2, 0.25) is 0 Å². The van der Waals surface area contributed by atoms with Gasteiger partial charge in [-0.15, -0.1) is 0 Å². The number of rotatable bonds is 4. The monoisotopic (exact) mass is 330 g/mol. The van der Waals surface area contributed by atoms with E-state index in [0.717, 1.165) is 17.4 Å². The lowest BCUT2D eigenvalue weighted by Crippen LogP contribution is -2.46. The van der Waals surface area contributed by atoms with Gasteiger partial charge in [-0.2, -0.15) is 5.10 Å². The van der Waals surface area contributed by atoms with E-state index in [2.05, 4.69) is 10.1 Å². The first-order valence-corrected chi connectivity index (χ1v) is 8.04. The molecule has 128 valence electrons. The highest BCUT2D eigenvalue weighted by atomic mass is 16.5. The van der Waals surface area contributed by atoms with Crippen molar-refractivity contribution in [3.63, 3.8) is 0 Å². The fraction of sp³-hybridized carbons (Fsp3) is 0.471. The van der Waals surface area contributed by atoms with Crippen LogP contribution in [0.15, 0.2) is 22.6 Å². The van der Waals surface area contributed by atoms with E-state index in [1.807, 2.05) is 37.6 Å². The van der Waals surface area contributed by atoms with Crippen molar-refractivity contribution < 1.29 is 13.9 Å². The quantitative estimate of drug-likeness (QED) is 0.798. The Morgan fingerprint density at radius 2 is 2.21 bits per heavy atom. The second-order valence-electron chi connectivity index (χ2n) is 5.95. The fourth-order valence-corrected chi connectivity index (χ4v) is 2.76. The maximum absolute atomic E-state index is 12.4. The van der Waals surface area contributed by atoms with E-state index in [9.17, 15) is 4.79 Å². The molecule has 0 spiro atoms. The zero-order chi connectivity index (χ0) is 17.1. The molecule has 1 aliphatic heterocycles. The Morgan fingerprint density at radius 1 is 1.38 bits per heavy atom. The molecule has 2 aromatic heterocycles. The number of carbonyl (C=O) groups excluding carboxylic acids is 1. The lowest BCUT2D eigenvalue weighted by molar-refractivity contribution is -0.134. The Balaban J connectivity index is 1.59. The predicted molar refractivity (Wildman–Crippen MR) is 88.3 cm³/mol. The van der Waals surface area contributed by atoms with E-state index in [0.29, 0.717) is 32.0 Å². The average molecular weight is 330 g/mol. The third kappa shape index (κ3) is 3.91. The van der Waals surface area contributed by atoms with E-state index in [1.165, 1.54) is 0 Å². The largest absolute Gasteiger partial charge is 0.462 e. The Hall–Kier alpha value is -2.41. The summed E-state index contributed by atoms with van der Waals surface area (Å²) in [5.41, 5.74) is 0. The van der Waals surface area contributed by atoms with Gasteiger partial charge in [0.2, 0.25) is 5.91 Å². The van der Waals surface area contributed by atoms with E-state index in [4.69, 9.17) is 9.15 Å². The summed E-state index contributed by atoms with van der Waals surface area (Å²) in [5, 5.41) is 4.35. The van der Waals surface area contributed by atoms with Gasteiger partial charge in [-0.05, 0) is 39.0 Å². The van der Waals surface area contributed by atoms with Crippen LogP contribution in [0.1, 0.15) is 23.2 Å². The summed E-state index contributed by atoms with van der Waals surface area (Å²) in [6.45, 7) is 7.90. The van der Waals surface area contributed by atoms with Crippen molar-refractivity contribution in [2.24, 2.45) is 0 Å². The molecule has 2 aromatic rings. The molecule has 3 heterocycles. The molecule has 7 heteroatoms. The summed E-state index contributed by atoms with van der Waals surface area (Å²) < 4.78 is 13.0. The average Bonchev–Trinajstić information content (AvgIpc) is 3.10. The van der Waals surface area contributed by atoms with Crippen LogP contribution < -0.4 is 0 Å². The second kappa shape index (κ2) is 7.00. The number of aryl methyl sites for hydroxylation is 3. The van der Waals surface area contributed by atoms with Crippen molar-refractivity contribution in [2.45, 2.75) is 33.4 Å². The maximum Gasteiger partial charge on any atom is 0.246 e. The van der Waals surface area contributed by atoms with Gasteiger partial charge in [0.15, 0.2) is 0 Å². The van der Waals surface area contributed by atoms with E-state index < -0.39 is 0 Å². The number of hydrogen-bond acceptors (Lipinski definition) is 5. The van der Waals surface area contributed by atoms with Crippen molar-refractivity contribution in [1.29, 1.82) is 0 Å². The summed E-state index contributed by atoms with van der Waals surface area (Å²) >= 11 is 0. The van der Waals surface area contributed by atoms with Crippen LogP contribution in [-0.2, 0) is 16.1 Å². The van der Waals surface area contributed by atoms with Gasteiger partial charge in [0.25, 0.3) is 0 Å². The van der Waals surface area contributed by atoms with E-state index >= 15 is 0 Å². The van der Waals surface area contributed by atoms with Crippen LogP contribution >= 0.6 is 0 Å². The van der Waals surface area contributed by atoms with Crippen molar-refractivity contribution in [1.82, 2.24) is 19.7 Å². The van der Waals surface area contributed by atoms with Gasteiger partial charge in [-0.25, -0.2) is 9.67 Å². The van der Waals surface area contributed by atoms with Crippen LogP contribution in [0.25, 0.3) is 6.08 Å². The smallest absolute Gasteiger partial charge is 0.246 e. The molecule has 0 aromatic carbocycles. The lowest BCUT2D eigenvalue weighted by Gasteiger charge is -2.32. The number of ether oxygens (including phenoxy) is 1. The van der Waals surface area contributed by atoms with Crippen molar-refractivity contribution >= 4 is 12.0 Å². The minimum atomic E-state index is -0.0817. The standard InChI is InChI=1S/C17H22N4O3/c1-12-4-5-15(24-12)6-7-17(22)20-8-9-23-16(10-20)11-21-14(3)18-13(2)19-21/h4-7,16H,8-11H2,1-3H3/b7-6+/t16-/m0/s1. The molecular weight excluding hydrogens is 308 g/mol. The number of nitrogens with zero attached hydrogens (tertiary/aromatic N) is 4. The lowest BCUT2D eigenvalue weighted by atomic mass is 10.2. The second-order valence-corrected chi connectivity index (χ2v) is 5.95. The maximum atomic E-state index is 12.4. The Bertz CT molecular complexity index is 747.